The van der Waals surface area contributed by atoms with Crippen LogP contribution in [-0.4, -0.2) is 21.3 Å². The van der Waals surface area contributed by atoms with E-state index in [9.17, 15) is 0 Å². The Morgan fingerprint density at radius 2 is 1.95 bits per heavy atom. The predicted molar refractivity (Wildman–Crippen MR) is 80.7 cm³/mol. The van der Waals surface area contributed by atoms with Crippen LogP contribution < -0.4 is 5.73 Å². The highest BCUT2D eigenvalue weighted by molar-refractivity contribution is 5.37. The molecule has 1 atom stereocenters. The second-order valence-electron chi connectivity index (χ2n) is 5.56. The van der Waals surface area contributed by atoms with E-state index >= 15 is 0 Å². The van der Waals surface area contributed by atoms with Gasteiger partial charge in [-0.2, -0.15) is 0 Å². The molecule has 1 aromatic carbocycles. The molecule has 0 bridgehead atoms. The van der Waals surface area contributed by atoms with Crippen LogP contribution in [0.3, 0.4) is 0 Å². The smallest absolute Gasteiger partial charge is 0.0994 e. The van der Waals surface area contributed by atoms with Gasteiger partial charge in [-0.25, -0.2) is 4.98 Å². The first-order valence-electron chi connectivity index (χ1n) is 7.09. The number of aromatic nitrogens is 2. The molecule has 4 nitrogen and oxygen atoms in total. The summed E-state index contributed by atoms with van der Waals surface area (Å²) >= 11 is 0. The van der Waals surface area contributed by atoms with Gasteiger partial charge in [0.15, 0.2) is 0 Å². The van der Waals surface area contributed by atoms with E-state index in [2.05, 4.69) is 18.8 Å². The average Bonchev–Trinajstić information content (AvgIpc) is 2.88. The van der Waals surface area contributed by atoms with Gasteiger partial charge in [-0.3, -0.25) is 0 Å². The number of hydrogen-bond acceptors (Lipinski definition) is 3. The summed E-state index contributed by atoms with van der Waals surface area (Å²) in [6.45, 7) is 4.52. The van der Waals surface area contributed by atoms with Crippen molar-refractivity contribution in [3.8, 4) is 5.69 Å². The summed E-state index contributed by atoms with van der Waals surface area (Å²) in [7, 11) is 0. The zero-order chi connectivity index (χ0) is 14.5. The molecule has 108 valence electrons. The van der Waals surface area contributed by atoms with Crippen molar-refractivity contribution in [3.63, 3.8) is 0 Å². The van der Waals surface area contributed by atoms with Crippen molar-refractivity contribution in [2.24, 2.45) is 11.7 Å². The standard InChI is InChI=1S/C16H23N3O/c1-12(2)9-15(17)16-10-18-11-19(16)14-5-3-13(4-6-14)7-8-20/h3-6,10-12,15,20H,7-9,17H2,1-2H3. The minimum atomic E-state index is -0.00498. The lowest BCUT2D eigenvalue weighted by Crippen LogP contribution is -2.16. The largest absolute Gasteiger partial charge is 0.396 e. The highest BCUT2D eigenvalue weighted by Gasteiger charge is 2.14. The molecule has 4 heteroatoms. The minimum absolute atomic E-state index is 0.00498. The Morgan fingerprint density at radius 1 is 1.25 bits per heavy atom. The van der Waals surface area contributed by atoms with E-state index in [0.717, 1.165) is 23.4 Å². The van der Waals surface area contributed by atoms with Crippen molar-refractivity contribution in [2.75, 3.05) is 6.61 Å². The molecule has 0 aliphatic heterocycles. The fourth-order valence-corrected chi connectivity index (χ4v) is 2.38. The molecule has 0 aliphatic rings. The molecule has 0 aliphatic carbocycles. The number of rotatable bonds is 6. The molecule has 3 N–H and O–H groups in total. The van der Waals surface area contributed by atoms with Gasteiger partial charge in [0.25, 0.3) is 0 Å². The second-order valence-corrected chi connectivity index (χ2v) is 5.56. The molecule has 2 aromatic rings. The molecule has 0 fully saturated rings. The first-order chi connectivity index (χ1) is 9.61. The SMILES string of the molecule is CC(C)CC(N)c1cncn1-c1ccc(CCO)cc1. The zero-order valence-corrected chi connectivity index (χ0v) is 12.2. The Bertz CT molecular complexity index is 531. The summed E-state index contributed by atoms with van der Waals surface area (Å²) < 4.78 is 2.04. The lowest BCUT2D eigenvalue weighted by molar-refractivity contribution is 0.299. The van der Waals surface area contributed by atoms with Crippen LogP contribution in [0.2, 0.25) is 0 Å². The third-order valence-corrected chi connectivity index (χ3v) is 3.39. The van der Waals surface area contributed by atoms with Gasteiger partial charge in [0.2, 0.25) is 0 Å². The third kappa shape index (κ3) is 3.46. The topological polar surface area (TPSA) is 64.1 Å². The van der Waals surface area contributed by atoms with Crippen LogP contribution in [-0.2, 0) is 6.42 Å². The van der Waals surface area contributed by atoms with Crippen LogP contribution in [0.15, 0.2) is 36.8 Å². The monoisotopic (exact) mass is 273 g/mol. The number of aliphatic hydroxyl groups is 1. The van der Waals surface area contributed by atoms with Crippen molar-refractivity contribution in [3.05, 3.63) is 48.0 Å². The summed E-state index contributed by atoms with van der Waals surface area (Å²) in [6.07, 6.45) is 5.27. The van der Waals surface area contributed by atoms with Gasteiger partial charge in [0.05, 0.1) is 18.2 Å². The van der Waals surface area contributed by atoms with Gasteiger partial charge < -0.3 is 15.4 Å². The molecular weight excluding hydrogens is 250 g/mol. The number of nitrogens with two attached hydrogens (primary N) is 1. The number of imidazole rings is 1. The highest BCUT2D eigenvalue weighted by atomic mass is 16.2. The second kappa shape index (κ2) is 6.68. The number of nitrogens with zero attached hydrogens (tertiary/aromatic N) is 2. The number of benzene rings is 1. The number of hydrogen-bond donors (Lipinski definition) is 2. The molecule has 1 heterocycles. The summed E-state index contributed by atoms with van der Waals surface area (Å²) in [5.74, 6) is 0.556. The predicted octanol–water partition coefficient (Wildman–Crippen LogP) is 2.45. The molecule has 1 aromatic heterocycles. The third-order valence-electron chi connectivity index (χ3n) is 3.39. The van der Waals surface area contributed by atoms with E-state index in [4.69, 9.17) is 10.8 Å². The van der Waals surface area contributed by atoms with E-state index in [0.29, 0.717) is 12.3 Å². The van der Waals surface area contributed by atoms with Gasteiger partial charge in [-0.15, -0.1) is 0 Å². The molecule has 0 saturated heterocycles. The highest BCUT2D eigenvalue weighted by Crippen LogP contribution is 2.21. The normalized spacial score (nSPS) is 12.8. The Labute approximate surface area is 120 Å². The molecule has 20 heavy (non-hydrogen) atoms. The van der Waals surface area contributed by atoms with Gasteiger partial charge >= 0.3 is 0 Å². The summed E-state index contributed by atoms with van der Waals surface area (Å²) in [4.78, 5) is 4.23. The Hall–Kier alpha value is -1.65. The van der Waals surface area contributed by atoms with Crippen LogP contribution in [0.1, 0.15) is 37.6 Å². The van der Waals surface area contributed by atoms with Gasteiger partial charge in [-0.1, -0.05) is 26.0 Å². The van der Waals surface area contributed by atoms with Crippen LogP contribution in [0, 0.1) is 5.92 Å². The fourth-order valence-electron chi connectivity index (χ4n) is 2.38. The quantitative estimate of drug-likeness (QED) is 0.849. The average molecular weight is 273 g/mol. The Balaban J connectivity index is 2.22. The summed E-state index contributed by atoms with van der Waals surface area (Å²) in [5.41, 5.74) is 9.48. The maximum Gasteiger partial charge on any atom is 0.0994 e. The van der Waals surface area contributed by atoms with E-state index < -0.39 is 0 Å². The Kier molecular flexibility index (Phi) is 4.93. The molecule has 0 radical (unpaired) electrons. The first-order valence-corrected chi connectivity index (χ1v) is 7.09. The molecule has 0 spiro atoms. The van der Waals surface area contributed by atoms with Crippen molar-refractivity contribution in [1.29, 1.82) is 0 Å². The van der Waals surface area contributed by atoms with Gasteiger partial charge in [-0.05, 0) is 36.5 Å². The van der Waals surface area contributed by atoms with Crippen molar-refractivity contribution >= 4 is 0 Å². The van der Waals surface area contributed by atoms with Crippen LogP contribution in [0.4, 0.5) is 0 Å². The van der Waals surface area contributed by atoms with Gasteiger partial charge in [0, 0.05) is 18.3 Å². The summed E-state index contributed by atoms with van der Waals surface area (Å²) in [5, 5.41) is 8.94. The minimum Gasteiger partial charge on any atom is -0.396 e. The fraction of sp³-hybridized carbons (Fsp3) is 0.438. The van der Waals surface area contributed by atoms with Crippen LogP contribution >= 0.6 is 0 Å². The van der Waals surface area contributed by atoms with Crippen molar-refractivity contribution in [2.45, 2.75) is 32.7 Å². The number of aliphatic hydroxyl groups excluding tert-OH is 1. The van der Waals surface area contributed by atoms with Crippen molar-refractivity contribution < 1.29 is 5.11 Å². The van der Waals surface area contributed by atoms with E-state index in [1.807, 2.05) is 35.0 Å². The maximum atomic E-state index is 8.94. The Morgan fingerprint density at radius 3 is 2.55 bits per heavy atom. The lowest BCUT2D eigenvalue weighted by atomic mass is 10.0. The van der Waals surface area contributed by atoms with Crippen molar-refractivity contribution in [1.82, 2.24) is 9.55 Å². The molecular formula is C16H23N3O. The van der Waals surface area contributed by atoms with Crippen LogP contribution in [0.5, 0.6) is 0 Å². The lowest BCUT2D eigenvalue weighted by Gasteiger charge is -2.16. The molecule has 0 saturated carbocycles. The van der Waals surface area contributed by atoms with E-state index in [1.54, 1.807) is 6.33 Å². The maximum absolute atomic E-state index is 8.94. The van der Waals surface area contributed by atoms with Gasteiger partial charge in [0.1, 0.15) is 0 Å². The van der Waals surface area contributed by atoms with E-state index in [-0.39, 0.29) is 12.6 Å². The molecule has 0 amide bonds. The van der Waals surface area contributed by atoms with E-state index in [1.165, 1.54) is 0 Å². The molecule has 1 unspecified atom stereocenters. The summed E-state index contributed by atoms with van der Waals surface area (Å²) in [6, 6.07) is 8.14. The molecule has 2 rings (SSSR count). The zero-order valence-electron chi connectivity index (χ0n) is 12.2. The first kappa shape index (κ1) is 14.8. The van der Waals surface area contributed by atoms with Crippen LogP contribution in [0.25, 0.3) is 5.69 Å².